The molecule has 0 atom stereocenters. The highest BCUT2D eigenvalue weighted by molar-refractivity contribution is 7.20. The van der Waals surface area contributed by atoms with Gasteiger partial charge < -0.3 is 10.5 Å². The van der Waals surface area contributed by atoms with Crippen LogP contribution in [0.3, 0.4) is 0 Å². The maximum atomic E-state index is 11.4. The number of carbonyl (C=O) groups is 1. The lowest BCUT2D eigenvalue weighted by atomic mass is 10.1. The lowest BCUT2D eigenvalue weighted by molar-refractivity contribution is 0.101. The number of carbonyl (C=O) groups excluding carboxylic acids is 1. The van der Waals surface area contributed by atoms with Crippen molar-refractivity contribution in [1.82, 2.24) is 4.98 Å². The summed E-state index contributed by atoms with van der Waals surface area (Å²) in [6, 6.07) is 10.4. The van der Waals surface area contributed by atoms with Gasteiger partial charge in [0, 0.05) is 22.3 Å². The van der Waals surface area contributed by atoms with Gasteiger partial charge in [0.05, 0.1) is 10.2 Å². The summed E-state index contributed by atoms with van der Waals surface area (Å²) in [6.07, 6.45) is 0. The van der Waals surface area contributed by atoms with Crippen LogP contribution in [0.15, 0.2) is 36.4 Å². The zero-order valence-corrected chi connectivity index (χ0v) is 12.7. The third-order valence-electron chi connectivity index (χ3n) is 2.87. The van der Waals surface area contributed by atoms with Crippen molar-refractivity contribution in [1.29, 1.82) is 0 Å². The summed E-state index contributed by atoms with van der Waals surface area (Å²) in [7, 11) is 0. The Labute approximate surface area is 130 Å². The van der Waals surface area contributed by atoms with E-state index in [1.54, 1.807) is 30.3 Å². The second kappa shape index (κ2) is 5.35. The predicted octanol–water partition coefficient (Wildman–Crippen LogP) is 4.53. The summed E-state index contributed by atoms with van der Waals surface area (Å²) in [6.45, 7) is 1.48. The van der Waals surface area contributed by atoms with Gasteiger partial charge in [0.15, 0.2) is 5.78 Å². The van der Waals surface area contributed by atoms with Crippen LogP contribution in [0.2, 0.25) is 5.02 Å². The first-order valence-electron chi connectivity index (χ1n) is 6.17. The van der Waals surface area contributed by atoms with Crippen molar-refractivity contribution < 1.29 is 9.53 Å². The number of rotatable bonds is 3. The number of fused-ring (bicyclic) bond motifs is 1. The number of hydrogen-bond donors (Lipinski definition) is 1. The van der Waals surface area contributed by atoms with E-state index in [0.29, 0.717) is 27.2 Å². The molecule has 0 saturated heterocycles. The SMILES string of the molecule is CC(=O)c1cc(N)cc(Oc2nc3cc(Cl)ccc3s2)c1. The minimum absolute atomic E-state index is 0.0665. The van der Waals surface area contributed by atoms with Gasteiger partial charge in [-0.1, -0.05) is 22.9 Å². The topological polar surface area (TPSA) is 65.2 Å². The first-order valence-corrected chi connectivity index (χ1v) is 7.36. The summed E-state index contributed by atoms with van der Waals surface area (Å²) in [5, 5.41) is 1.11. The summed E-state index contributed by atoms with van der Waals surface area (Å²) in [4.78, 5) is 15.8. The lowest BCUT2D eigenvalue weighted by Crippen LogP contribution is -1.96. The van der Waals surface area contributed by atoms with E-state index in [-0.39, 0.29) is 5.78 Å². The largest absolute Gasteiger partial charge is 0.431 e. The first-order chi connectivity index (χ1) is 10.0. The number of anilines is 1. The number of hydrogen-bond acceptors (Lipinski definition) is 5. The average Bonchev–Trinajstić information content (AvgIpc) is 2.79. The molecule has 1 aromatic heterocycles. The summed E-state index contributed by atoms with van der Waals surface area (Å²) in [5.41, 5.74) is 7.54. The number of nitrogen functional groups attached to an aromatic ring is 1. The molecule has 0 aliphatic rings. The number of ketones is 1. The van der Waals surface area contributed by atoms with Gasteiger partial charge in [-0.2, -0.15) is 0 Å². The quantitative estimate of drug-likeness (QED) is 0.569. The Kier molecular flexibility index (Phi) is 3.53. The van der Waals surface area contributed by atoms with Gasteiger partial charge in [0.2, 0.25) is 0 Å². The summed E-state index contributed by atoms with van der Waals surface area (Å²) < 4.78 is 6.68. The van der Waals surface area contributed by atoms with E-state index in [1.165, 1.54) is 18.3 Å². The number of nitrogens with zero attached hydrogens (tertiary/aromatic N) is 1. The maximum Gasteiger partial charge on any atom is 0.279 e. The van der Waals surface area contributed by atoms with Crippen LogP contribution < -0.4 is 10.5 Å². The molecule has 0 aliphatic heterocycles. The first kappa shape index (κ1) is 13.9. The Morgan fingerprint density at radius 1 is 1.29 bits per heavy atom. The second-order valence-corrected chi connectivity index (χ2v) is 5.97. The second-order valence-electron chi connectivity index (χ2n) is 4.54. The predicted molar refractivity (Wildman–Crippen MR) is 85.6 cm³/mol. The van der Waals surface area contributed by atoms with Crippen molar-refractivity contribution in [2.75, 3.05) is 5.73 Å². The molecule has 0 saturated carbocycles. The molecule has 21 heavy (non-hydrogen) atoms. The van der Waals surface area contributed by atoms with Crippen LogP contribution in [-0.4, -0.2) is 10.8 Å². The van der Waals surface area contributed by atoms with Crippen LogP contribution in [0, 0.1) is 0 Å². The molecule has 0 spiro atoms. The molecule has 4 nitrogen and oxygen atoms in total. The molecule has 0 unspecified atom stereocenters. The monoisotopic (exact) mass is 318 g/mol. The Morgan fingerprint density at radius 2 is 2.10 bits per heavy atom. The molecule has 0 radical (unpaired) electrons. The number of Topliss-reactive ketones (excluding diaryl/α,β-unsaturated/α-hetero) is 1. The highest BCUT2D eigenvalue weighted by atomic mass is 35.5. The molecule has 0 bridgehead atoms. The molecule has 0 aliphatic carbocycles. The van der Waals surface area contributed by atoms with Crippen LogP contribution >= 0.6 is 22.9 Å². The molecule has 0 amide bonds. The summed E-state index contributed by atoms with van der Waals surface area (Å²) >= 11 is 7.34. The minimum atomic E-state index is -0.0665. The van der Waals surface area contributed by atoms with Crippen molar-refractivity contribution in [3.63, 3.8) is 0 Å². The van der Waals surface area contributed by atoms with Gasteiger partial charge >= 0.3 is 0 Å². The van der Waals surface area contributed by atoms with Crippen molar-refractivity contribution in [2.45, 2.75) is 6.92 Å². The number of halogens is 1. The van der Waals surface area contributed by atoms with E-state index in [2.05, 4.69) is 4.98 Å². The molecule has 0 fully saturated rings. The number of ether oxygens (including phenoxy) is 1. The van der Waals surface area contributed by atoms with Crippen LogP contribution in [-0.2, 0) is 0 Å². The summed E-state index contributed by atoms with van der Waals surface area (Å²) in [5.74, 6) is 0.425. The van der Waals surface area contributed by atoms with E-state index in [9.17, 15) is 4.79 Å². The minimum Gasteiger partial charge on any atom is -0.431 e. The van der Waals surface area contributed by atoms with E-state index in [1.807, 2.05) is 6.07 Å². The normalized spacial score (nSPS) is 10.8. The smallest absolute Gasteiger partial charge is 0.279 e. The molecular formula is C15H11ClN2O2S. The maximum absolute atomic E-state index is 11.4. The third kappa shape index (κ3) is 2.99. The molecule has 3 rings (SSSR count). The highest BCUT2D eigenvalue weighted by Gasteiger charge is 2.09. The standard InChI is InChI=1S/C15H11ClN2O2S/c1-8(19)9-4-11(17)7-12(5-9)20-15-18-13-6-10(16)2-3-14(13)21-15/h2-7H,17H2,1H3. The molecule has 6 heteroatoms. The number of thiazole rings is 1. The van der Waals surface area contributed by atoms with Gasteiger partial charge in [-0.3, -0.25) is 4.79 Å². The van der Waals surface area contributed by atoms with Crippen LogP contribution in [0.5, 0.6) is 10.9 Å². The molecular weight excluding hydrogens is 308 g/mol. The molecule has 2 aromatic carbocycles. The number of nitrogens with two attached hydrogens (primary N) is 1. The van der Waals surface area contributed by atoms with Crippen molar-refractivity contribution in [2.24, 2.45) is 0 Å². The van der Waals surface area contributed by atoms with Gasteiger partial charge in [-0.05, 0) is 37.3 Å². The molecule has 106 valence electrons. The fourth-order valence-electron chi connectivity index (χ4n) is 1.91. The van der Waals surface area contributed by atoms with Crippen LogP contribution in [0.4, 0.5) is 5.69 Å². The third-order valence-corrected chi connectivity index (χ3v) is 4.02. The Balaban J connectivity index is 1.96. The molecule has 1 heterocycles. The zero-order chi connectivity index (χ0) is 15.0. The van der Waals surface area contributed by atoms with Gasteiger partial charge in [0.1, 0.15) is 5.75 Å². The van der Waals surface area contributed by atoms with Crippen LogP contribution in [0.1, 0.15) is 17.3 Å². The van der Waals surface area contributed by atoms with Gasteiger partial charge in [-0.25, -0.2) is 4.98 Å². The van der Waals surface area contributed by atoms with E-state index >= 15 is 0 Å². The van der Waals surface area contributed by atoms with Crippen LogP contribution in [0.25, 0.3) is 10.2 Å². The molecule has 3 aromatic rings. The van der Waals surface area contributed by atoms with Crippen molar-refractivity contribution >= 4 is 44.6 Å². The van der Waals surface area contributed by atoms with Crippen molar-refractivity contribution in [3.05, 3.63) is 47.0 Å². The van der Waals surface area contributed by atoms with E-state index in [4.69, 9.17) is 22.1 Å². The van der Waals surface area contributed by atoms with Crippen molar-refractivity contribution in [3.8, 4) is 10.9 Å². The number of benzene rings is 2. The number of aromatic nitrogens is 1. The fraction of sp³-hybridized carbons (Fsp3) is 0.0667. The zero-order valence-electron chi connectivity index (χ0n) is 11.1. The Hall–Kier alpha value is -2.11. The molecule has 2 N–H and O–H groups in total. The lowest BCUT2D eigenvalue weighted by Gasteiger charge is -2.05. The highest BCUT2D eigenvalue weighted by Crippen LogP contribution is 2.33. The van der Waals surface area contributed by atoms with E-state index in [0.717, 1.165) is 10.2 Å². The van der Waals surface area contributed by atoms with Gasteiger partial charge in [-0.15, -0.1) is 0 Å². The Morgan fingerprint density at radius 3 is 2.86 bits per heavy atom. The average molecular weight is 319 g/mol. The van der Waals surface area contributed by atoms with Gasteiger partial charge in [0.25, 0.3) is 5.19 Å². The van der Waals surface area contributed by atoms with E-state index < -0.39 is 0 Å². The fourth-order valence-corrected chi connectivity index (χ4v) is 2.89. The Bertz CT molecular complexity index is 845.